The van der Waals surface area contributed by atoms with Gasteiger partial charge in [-0.3, -0.25) is 0 Å². The van der Waals surface area contributed by atoms with Crippen LogP contribution >= 0.6 is 11.6 Å². The monoisotopic (exact) mass is 279 g/mol. The van der Waals surface area contributed by atoms with Crippen molar-refractivity contribution in [2.45, 2.75) is 5.38 Å². The molecule has 10 heavy (non-hydrogen) atoms. The van der Waals surface area contributed by atoms with E-state index in [2.05, 4.69) is 0 Å². The van der Waals surface area contributed by atoms with Crippen LogP contribution in [0.1, 0.15) is 0 Å². The fourth-order valence-electron chi connectivity index (χ4n) is 0.652. The third-order valence-electron chi connectivity index (χ3n) is 0.944. The van der Waals surface area contributed by atoms with E-state index >= 15 is 0 Å². The molecule has 0 amide bonds. The largest absolute Gasteiger partial charge is 1.00 e. The number of alkyl halides is 1. The highest BCUT2D eigenvalue weighted by Crippen LogP contribution is 2.00. The van der Waals surface area contributed by atoms with E-state index in [-0.39, 0.29) is 36.0 Å². The Labute approximate surface area is 84.8 Å². The first-order chi connectivity index (χ1) is 3.95. The molecule has 0 aliphatic carbocycles. The minimum atomic E-state index is -0.106. The number of quaternary nitrogens is 1. The molecule has 0 rings (SSSR count). The van der Waals surface area contributed by atoms with E-state index in [1.54, 1.807) is 0 Å². The normalized spacial score (nSPS) is 14.1. The zero-order chi connectivity index (χ0) is 7.49. The van der Waals surface area contributed by atoms with Gasteiger partial charge in [-0.25, -0.2) is 0 Å². The van der Waals surface area contributed by atoms with Crippen molar-refractivity contribution in [1.82, 2.24) is 0 Å². The van der Waals surface area contributed by atoms with Gasteiger partial charge in [-0.15, -0.1) is 11.6 Å². The molecule has 0 aromatic heterocycles. The molecule has 0 spiro atoms. The quantitative estimate of drug-likeness (QED) is 0.339. The van der Waals surface area contributed by atoms with Gasteiger partial charge in [0.2, 0.25) is 0 Å². The van der Waals surface area contributed by atoms with Crippen molar-refractivity contribution in [3.05, 3.63) is 0 Å². The van der Waals surface area contributed by atoms with E-state index in [1.165, 1.54) is 0 Å². The Morgan fingerprint density at radius 2 is 1.80 bits per heavy atom. The molecular formula is C6H15ClINO. The molecule has 0 aliphatic heterocycles. The van der Waals surface area contributed by atoms with Crippen LogP contribution in [0.3, 0.4) is 0 Å². The van der Waals surface area contributed by atoms with Gasteiger partial charge in [0.05, 0.1) is 34.3 Å². The number of hydrogen-bond acceptors (Lipinski definition) is 1. The highest BCUT2D eigenvalue weighted by molar-refractivity contribution is 6.20. The van der Waals surface area contributed by atoms with Crippen LogP contribution in [-0.2, 0) is 0 Å². The Morgan fingerprint density at radius 3 is 1.90 bits per heavy atom. The number of aliphatic hydroxyl groups excluding tert-OH is 1. The van der Waals surface area contributed by atoms with Crippen molar-refractivity contribution >= 4 is 11.6 Å². The van der Waals surface area contributed by atoms with E-state index in [4.69, 9.17) is 16.7 Å². The summed E-state index contributed by atoms with van der Waals surface area (Å²) in [5.41, 5.74) is 0. The molecule has 0 heterocycles. The summed E-state index contributed by atoms with van der Waals surface area (Å²) in [4.78, 5) is 0. The first kappa shape index (κ1) is 13.5. The molecule has 0 fully saturated rings. The first-order valence-corrected chi connectivity index (χ1v) is 3.45. The zero-order valence-electron chi connectivity index (χ0n) is 6.64. The number of rotatable bonds is 3. The second-order valence-electron chi connectivity index (χ2n) is 3.25. The molecule has 0 aromatic rings. The van der Waals surface area contributed by atoms with E-state index in [9.17, 15) is 0 Å². The van der Waals surface area contributed by atoms with Crippen molar-refractivity contribution in [3.8, 4) is 0 Å². The molecular weight excluding hydrogens is 264 g/mol. The van der Waals surface area contributed by atoms with Gasteiger partial charge < -0.3 is 33.6 Å². The summed E-state index contributed by atoms with van der Waals surface area (Å²) in [6.45, 7) is 0.870. The lowest BCUT2D eigenvalue weighted by molar-refractivity contribution is -0.870. The zero-order valence-corrected chi connectivity index (χ0v) is 9.56. The summed E-state index contributed by atoms with van der Waals surface area (Å²) in [6, 6.07) is 0. The van der Waals surface area contributed by atoms with Crippen LogP contribution in [0, 0.1) is 0 Å². The fraction of sp³-hybridized carbons (Fsp3) is 1.00. The van der Waals surface area contributed by atoms with E-state index < -0.39 is 0 Å². The molecule has 1 atom stereocenters. The third kappa shape index (κ3) is 8.94. The number of nitrogens with zero attached hydrogens (tertiary/aromatic N) is 1. The van der Waals surface area contributed by atoms with Gasteiger partial charge in [0.25, 0.3) is 0 Å². The Morgan fingerprint density at radius 1 is 1.40 bits per heavy atom. The van der Waals surface area contributed by atoms with E-state index in [0.717, 1.165) is 11.0 Å². The van der Waals surface area contributed by atoms with Crippen LogP contribution in [0.15, 0.2) is 0 Å². The molecule has 1 unspecified atom stereocenters. The molecule has 0 aromatic carbocycles. The molecule has 1 N–H and O–H groups in total. The summed E-state index contributed by atoms with van der Waals surface area (Å²) < 4.78 is 0.800. The lowest BCUT2D eigenvalue weighted by Crippen LogP contribution is -3.00. The topological polar surface area (TPSA) is 20.2 Å². The summed E-state index contributed by atoms with van der Waals surface area (Å²) in [7, 11) is 6.14. The highest BCUT2D eigenvalue weighted by Gasteiger charge is 2.13. The smallest absolute Gasteiger partial charge is 0.106 e. The third-order valence-corrected chi connectivity index (χ3v) is 1.22. The number of hydrogen-bond donors (Lipinski definition) is 1. The highest BCUT2D eigenvalue weighted by atomic mass is 127. The molecule has 0 bridgehead atoms. The van der Waals surface area contributed by atoms with Crippen LogP contribution in [0.5, 0.6) is 0 Å². The van der Waals surface area contributed by atoms with Crippen molar-refractivity contribution in [2.24, 2.45) is 0 Å². The van der Waals surface area contributed by atoms with Crippen LogP contribution < -0.4 is 24.0 Å². The van der Waals surface area contributed by atoms with Gasteiger partial charge in [0, 0.05) is 0 Å². The van der Waals surface area contributed by atoms with Crippen LogP contribution in [0.25, 0.3) is 0 Å². The molecule has 2 nitrogen and oxygen atoms in total. The molecule has 0 aliphatic rings. The molecule has 0 saturated carbocycles. The maximum atomic E-state index is 8.56. The van der Waals surface area contributed by atoms with Gasteiger partial charge in [-0.05, 0) is 0 Å². The van der Waals surface area contributed by atoms with Crippen molar-refractivity contribution in [2.75, 3.05) is 34.3 Å². The average Bonchev–Trinajstić information content (AvgIpc) is 1.62. The Bertz CT molecular complexity index is 84.3. The summed E-state index contributed by atoms with van der Waals surface area (Å²) in [5, 5.41) is 8.45. The van der Waals surface area contributed by atoms with Crippen LogP contribution in [0.4, 0.5) is 0 Å². The molecule has 64 valence electrons. The predicted molar refractivity (Wildman–Crippen MR) is 39.6 cm³/mol. The summed E-state index contributed by atoms with van der Waals surface area (Å²) in [5.74, 6) is 0. The van der Waals surface area contributed by atoms with Gasteiger partial charge in [0.1, 0.15) is 5.38 Å². The van der Waals surface area contributed by atoms with Gasteiger partial charge in [-0.1, -0.05) is 0 Å². The molecule has 4 heteroatoms. The van der Waals surface area contributed by atoms with Gasteiger partial charge in [-0.2, -0.15) is 0 Å². The Hall–Kier alpha value is 0.940. The second kappa shape index (κ2) is 5.57. The van der Waals surface area contributed by atoms with Gasteiger partial charge in [0.15, 0.2) is 0 Å². The fourth-order valence-corrected chi connectivity index (χ4v) is 1.07. The van der Waals surface area contributed by atoms with Crippen LogP contribution in [0.2, 0.25) is 0 Å². The second-order valence-corrected chi connectivity index (χ2v) is 3.87. The Balaban J connectivity index is 0. The van der Waals surface area contributed by atoms with Gasteiger partial charge >= 0.3 is 0 Å². The lowest BCUT2D eigenvalue weighted by Gasteiger charge is -2.25. The van der Waals surface area contributed by atoms with Crippen molar-refractivity contribution in [3.63, 3.8) is 0 Å². The maximum absolute atomic E-state index is 8.56. The maximum Gasteiger partial charge on any atom is 0.106 e. The standard InChI is InChI=1S/C6H15ClNO.HI/c1-8(2,3)4-6(7)5-9;/h6,9H,4-5H2,1-3H3;1H/q+1;/p-1. The van der Waals surface area contributed by atoms with Crippen molar-refractivity contribution in [1.29, 1.82) is 0 Å². The summed E-state index contributed by atoms with van der Waals surface area (Å²) >= 11 is 5.68. The van der Waals surface area contributed by atoms with E-state index in [0.29, 0.717) is 0 Å². The molecule has 0 saturated heterocycles. The minimum absolute atomic E-state index is 0. The first-order valence-electron chi connectivity index (χ1n) is 3.01. The minimum Gasteiger partial charge on any atom is -1.00 e. The number of aliphatic hydroxyl groups is 1. The molecule has 0 radical (unpaired) electrons. The predicted octanol–water partition coefficient (Wildman–Crippen LogP) is -2.70. The van der Waals surface area contributed by atoms with E-state index in [1.807, 2.05) is 21.1 Å². The average molecular weight is 280 g/mol. The lowest BCUT2D eigenvalue weighted by atomic mass is 10.4. The summed E-state index contributed by atoms with van der Waals surface area (Å²) in [6.07, 6.45) is 0. The Kier molecular flexibility index (Phi) is 7.54. The number of halogens is 2. The van der Waals surface area contributed by atoms with Crippen LogP contribution in [-0.4, -0.2) is 49.3 Å². The SMILES string of the molecule is C[N+](C)(C)CC(Cl)CO.[I-]. The van der Waals surface area contributed by atoms with Crippen molar-refractivity contribution < 1.29 is 33.6 Å².